The largest absolute Gasteiger partial charge is 0.548 e. The van der Waals surface area contributed by atoms with Crippen molar-refractivity contribution in [2.45, 2.75) is 43.5 Å². The first-order valence-electron chi connectivity index (χ1n) is 10.7. The molecule has 2 aromatic heterocycles. The fraction of sp³-hybridized carbons (Fsp3) is 0.429. The second kappa shape index (κ2) is 9.70. The van der Waals surface area contributed by atoms with Crippen molar-refractivity contribution in [1.82, 2.24) is 13.1 Å². The molecule has 2 heterocycles. The first-order chi connectivity index (χ1) is 16.1. The fourth-order valence-electron chi connectivity index (χ4n) is 4.08. The second-order valence-electron chi connectivity index (χ2n) is 8.39. The first-order valence-corrected chi connectivity index (χ1v) is 13.6. The Morgan fingerprint density at radius 1 is 1.32 bits per heavy atom. The quantitative estimate of drug-likeness (QED) is 0.307. The molecular formula is C21H26ClN5O5S2. The number of rotatable bonds is 7. The lowest BCUT2D eigenvalue weighted by Gasteiger charge is -2.17. The molecule has 3 N–H and O–H groups in total. The molecule has 4 rings (SSSR count). The maximum absolute atomic E-state index is 12.7. The molecule has 0 bridgehead atoms. The van der Waals surface area contributed by atoms with Crippen molar-refractivity contribution in [3.05, 3.63) is 46.3 Å². The normalized spacial score (nSPS) is 17.0. The van der Waals surface area contributed by atoms with Gasteiger partial charge in [0.15, 0.2) is 16.9 Å². The number of phenols is 1. The van der Waals surface area contributed by atoms with Crippen LogP contribution in [-0.2, 0) is 10.0 Å². The third-order valence-corrected chi connectivity index (χ3v) is 8.86. The monoisotopic (exact) mass is 527 g/mol. The fourth-order valence-corrected chi connectivity index (χ4v) is 6.22. The predicted molar refractivity (Wildman–Crippen MR) is 128 cm³/mol. The van der Waals surface area contributed by atoms with Crippen LogP contribution in [0.3, 0.4) is 0 Å². The SMILES string of the molecule is Cc1ccc([C@H](N=c2[nH][s+]([O-])nc2Nc2ccc(Cl)c(S(=O)(=O)N(C)C)c2O)C2CCCC2)o1. The highest BCUT2D eigenvalue weighted by Gasteiger charge is 2.30. The van der Waals surface area contributed by atoms with E-state index in [0.717, 1.165) is 35.7 Å². The summed E-state index contributed by atoms with van der Waals surface area (Å²) in [6.07, 6.45) is 4.19. The molecule has 10 nitrogen and oxygen atoms in total. The molecule has 1 saturated carbocycles. The Hall–Kier alpha value is -2.38. The Balaban J connectivity index is 1.77. The first kappa shape index (κ1) is 24.7. The molecule has 0 spiro atoms. The number of H-pyrrole nitrogens is 1. The van der Waals surface area contributed by atoms with E-state index in [-0.39, 0.29) is 34.0 Å². The van der Waals surface area contributed by atoms with Crippen LogP contribution in [0.25, 0.3) is 0 Å². The van der Waals surface area contributed by atoms with Crippen LogP contribution in [0.1, 0.15) is 43.2 Å². The van der Waals surface area contributed by atoms with Crippen LogP contribution in [0.5, 0.6) is 5.75 Å². The van der Waals surface area contributed by atoms with E-state index in [9.17, 15) is 18.1 Å². The van der Waals surface area contributed by atoms with Gasteiger partial charge in [-0.1, -0.05) is 24.4 Å². The smallest absolute Gasteiger partial charge is 0.247 e. The lowest BCUT2D eigenvalue weighted by Crippen LogP contribution is -2.23. The zero-order valence-electron chi connectivity index (χ0n) is 18.9. The number of hydrogen-bond donors (Lipinski definition) is 3. The van der Waals surface area contributed by atoms with E-state index in [1.165, 1.54) is 26.2 Å². The molecule has 0 radical (unpaired) electrons. The Bertz CT molecular complexity index is 1360. The number of halogens is 1. The number of nitrogens with zero attached hydrogens (tertiary/aromatic N) is 3. The van der Waals surface area contributed by atoms with Crippen molar-refractivity contribution in [1.29, 1.82) is 0 Å². The predicted octanol–water partition coefficient (Wildman–Crippen LogP) is 4.22. The van der Waals surface area contributed by atoms with Gasteiger partial charge in [-0.3, -0.25) is 0 Å². The van der Waals surface area contributed by atoms with Gasteiger partial charge in [0, 0.05) is 18.5 Å². The standard InChI is InChI=1S/C21H26ClN5O5S2/c1-12-8-11-16(32-12)17(13-6-4-5-7-13)24-21-20(25-33(29)26-21)23-15-10-9-14(22)19(18(15)28)34(30,31)27(2)3/h8-11,13,17,28H,4-7H2,1-3H3,(H,23,25)(H,24,26)/t17-,33?/m1/s1. The summed E-state index contributed by atoms with van der Waals surface area (Å²) in [5.41, 5.74) is 0.263. The summed E-state index contributed by atoms with van der Waals surface area (Å²) >= 11 is 4.30. The van der Waals surface area contributed by atoms with Gasteiger partial charge < -0.3 is 19.4 Å². The third kappa shape index (κ3) is 4.86. The number of sulfonamides is 1. The van der Waals surface area contributed by atoms with Gasteiger partial charge in [0.25, 0.3) is 0 Å². The number of benzene rings is 1. The number of nitrogens with one attached hydrogen (secondary N) is 2. The molecule has 13 heteroatoms. The molecule has 184 valence electrons. The van der Waals surface area contributed by atoms with Crippen LogP contribution in [0.4, 0.5) is 11.5 Å². The van der Waals surface area contributed by atoms with E-state index in [0.29, 0.717) is 5.76 Å². The minimum absolute atomic E-state index is 0.0308. The van der Waals surface area contributed by atoms with Crippen LogP contribution in [0.2, 0.25) is 5.02 Å². The van der Waals surface area contributed by atoms with E-state index >= 15 is 0 Å². The van der Waals surface area contributed by atoms with Gasteiger partial charge in [-0.2, -0.15) is 0 Å². The van der Waals surface area contributed by atoms with Gasteiger partial charge >= 0.3 is 0 Å². The van der Waals surface area contributed by atoms with E-state index in [2.05, 4.69) is 14.1 Å². The lowest BCUT2D eigenvalue weighted by atomic mass is 9.96. The highest BCUT2D eigenvalue weighted by molar-refractivity contribution is 7.89. The third-order valence-electron chi connectivity index (χ3n) is 5.82. The molecule has 2 atom stereocenters. The van der Waals surface area contributed by atoms with Crippen molar-refractivity contribution in [2.24, 2.45) is 10.9 Å². The van der Waals surface area contributed by atoms with Crippen LogP contribution < -0.4 is 10.8 Å². The van der Waals surface area contributed by atoms with Gasteiger partial charge in [0.2, 0.25) is 21.3 Å². The number of aryl methyl sites for hydroxylation is 1. The number of aromatic amines is 1. The summed E-state index contributed by atoms with van der Waals surface area (Å²) in [6, 6.07) is 6.23. The minimum Gasteiger partial charge on any atom is -0.548 e. The number of aromatic nitrogens is 2. The highest BCUT2D eigenvalue weighted by atomic mass is 35.5. The second-order valence-corrected chi connectivity index (χ2v) is 11.8. The zero-order valence-corrected chi connectivity index (χ0v) is 21.3. The average Bonchev–Trinajstić information content (AvgIpc) is 3.50. The molecule has 34 heavy (non-hydrogen) atoms. The van der Waals surface area contributed by atoms with Crippen molar-refractivity contribution in [3.8, 4) is 5.75 Å². The van der Waals surface area contributed by atoms with Crippen LogP contribution in [-0.4, -0.2) is 45.2 Å². The Morgan fingerprint density at radius 2 is 2.03 bits per heavy atom. The minimum atomic E-state index is -4.03. The Kier molecular flexibility index (Phi) is 7.06. The molecule has 3 aromatic rings. The lowest BCUT2D eigenvalue weighted by molar-refractivity contribution is 0.358. The number of aromatic hydroxyl groups is 1. The van der Waals surface area contributed by atoms with Crippen molar-refractivity contribution in [2.75, 3.05) is 19.4 Å². The van der Waals surface area contributed by atoms with Crippen LogP contribution in [0.15, 0.2) is 38.6 Å². The molecule has 1 aromatic carbocycles. The summed E-state index contributed by atoms with van der Waals surface area (Å²) in [5.74, 6) is 1.28. The molecule has 0 aliphatic heterocycles. The van der Waals surface area contributed by atoms with Gasteiger partial charge in [-0.15, -0.1) is 4.37 Å². The molecule has 0 amide bonds. The van der Waals surface area contributed by atoms with Gasteiger partial charge in [0.05, 0.1) is 10.7 Å². The Morgan fingerprint density at radius 3 is 2.65 bits per heavy atom. The van der Waals surface area contributed by atoms with Gasteiger partial charge in [0.1, 0.15) is 22.5 Å². The molecule has 1 aliphatic carbocycles. The maximum Gasteiger partial charge on any atom is 0.247 e. The summed E-state index contributed by atoms with van der Waals surface area (Å²) in [6.45, 7) is 1.86. The molecule has 1 aliphatic rings. The summed E-state index contributed by atoms with van der Waals surface area (Å²) in [7, 11) is -1.36. The van der Waals surface area contributed by atoms with Crippen LogP contribution >= 0.6 is 22.7 Å². The molecule has 0 saturated heterocycles. The maximum atomic E-state index is 12.7. The summed E-state index contributed by atoms with van der Waals surface area (Å²) < 4.78 is 51.1. The molecular weight excluding hydrogens is 502 g/mol. The molecule has 1 unspecified atom stereocenters. The summed E-state index contributed by atoms with van der Waals surface area (Å²) in [4.78, 5) is 4.37. The number of phenolic OH excluding ortho intramolecular Hbond substituents is 1. The van der Waals surface area contributed by atoms with E-state index in [1.807, 2.05) is 19.1 Å². The zero-order chi connectivity index (χ0) is 24.6. The topological polar surface area (TPSA) is 147 Å². The van der Waals surface area contributed by atoms with Crippen molar-refractivity contribution >= 4 is 44.3 Å². The number of anilines is 2. The number of hydrogen-bond acceptors (Lipinski definition) is 8. The highest BCUT2D eigenvalue weighted by Crippen LogP contribution is 2.40. The van der Waals surface area contributed by atoms with Crippen LogP contribution in [0, 0.1) is 12.8 Å². The average molecular weight is 528 g/mol. The Labute approximate surface area is 205 Å². The van der Waals surface area contributed by atoms with E-state index in [4.69, 9.17) is 21.0 Å². The van der Waals surface area contributed by atoms with E-state index < -0.39 is 31.8 Å². The number of furan rings is 1. The summed E-state index contributed by atoms with van der Waals surface area (Å²) in [5, 5.41) is 13.5. The molecule has 1 fully saturated rings. The van der Waals surface area contributed by atoms with Gasteiger partial charge in [-0.05, 0) is 49.9 Å². The van der Waals surface area contributed by atoms with Crippen molar-refractivity contribution < 1.29 is 22.5 Å². The van der Waals surface area contributed by atoms with Crippen molar-refractivity contribution in [3.63, 3.8) is 0 Å². The van der Waals surface area contributed by atoms with E-state index in [1.54, 1.807) is 0 Å². The van der Waals surface area contributed by atoms with Gasteiger partial charge in [-0.25, -0.2) is 17.7 Å².